The number of anilines is 1. The van der Waals surface area contributed by atoms with Crippen LogP contribution in [0.3, 0.4) is 0 Å². The van der Waals surface area contributed by atoms with Crippen LogP contribution in [0.4, 0.5) is 5.69 Å². The summed E-state index contributed by atoms with van der Waals surface area (Å²) in [6.45, 7) is 3.48. The van der Waals surface area contributed by atoms with E-state index in [0.717, 1.165) is 0 Å². The first-order chi connectivity index (χ1) is 12.0. The number of nitrogens with zero attached hydrogens (tertiary/aromatic N) is 3. The Morgan fingerprint density at radius 3 is 2.68 bits per heavy atom. The molecule has 3 rings (SSSR count). The second-order valence-electron chi connectivity index (χ2n) is 5.44. The van der Waals surface area contributed by atoms with Gasteiger partial charge in [-0.05, 0) is 48.9 Å². The van der Waals surface area contributed by atoms with Gasteiger partial charge in [0.2, 0.25) is 5.82 Å². The minimum atomic E-state index is -0.497. The number of ether oxygens (including phenoxy) is 1. The van der Waals surface area contributed by atoms with Gasteiger partial charge in [0.05, 0.1) is 12.7 Å². The number of hydrogen-bond acceptors (Lipinski definition) is 6. The molecule has 0 aliphatic rings. The zero-order chi connectivity index (χ0) is 18.0. The molecule has 0 spiro atoms. The fourth-order valence-corrected chi connectivity index (χ4v) is 2.57. The van der Waals surface area contributed by atoms with Crippen molar-refractivity contribution < 1.29 is 9.53 Å². The van der Waals surface area contributed by atoms with Gasteiger partial charge in [-0.25, -0.2) is 0 Å². The average molecular weight is 340 g/mol. The number of tetrazole rings is 1. The molecule has 9 nitrogen and oxygen atoms in total. The molecule has 3 aromatic rings. The molecule has 25 heavy (non-hydrogen) atoms. The SMILES string of the molecule is COc1ccc(NC(=O)c2c(C)cc(C)[nH]c2=O)cc1-c1nn[nH]n1. The van der Waals surface area contributed by atoms with Gasteiger partial charge in [-0.1, -0.05) is 0 Å². The fraction of sp³-hybridized carbons (Fsp3) is 0.188. The van der Waals surface area contributed by atoms with Crippen molar-refractivity contribution in [2.24, 2.45) is 0 Å². The summed E-state index contributed by atoms with van der Waals surface area (Å²) >= 11 is 0. The molecule has 0 radical (unpaired) electrons. The monoisotopic (exact) mass is 340 g/mol. The number of methoxy groups -OCH3 is 1. The highest BCUT2D eigenvalue weighted by atomic mass is 16.5. The third-order valence-corrected chi connectivity index (χ3v) is 3.64. The Bertz CT molecular complexity index is 978. The van der Waals surface area contributed by atoms with E-state index in [2.05, 4.69) is 30.9 Å². The van der Waals surface area contributed by atoms with Crippen LogP contribution in [0.15, 0.2) is 29.1 Å². The minimum Gasteiger partial charge on any atom is -0.496 e. The average Bonchev–Trinajstić information content (AvgIpc) is 3.08. The number of rotatable bonds is 4. The van der Waals surface area contributed by atoms with Crippen LogP contribution in [0.1, 0.15) is 21.6 Å². The summed E-state index contributed by atoms with van der Waals surface area (Å²) in [6, 6.07) is 6.74. The van der Waals surface area contributed by atoms with E-state index in [1.54, 1.807) is 38.1 Å². The summed E-state index contributed by atoms with van der Waals surface area (Å²) in [5.74, 6) is 0.365. The van der Waals surface area contributed by atoms with Gasteiger partial charge in [0, 0.05) is 11.4 Å². The molecule has 128 valence electrons. The number of aromatic nitrogens is 5. The van der Waals surface area contributed by atoms with E-state index in [-0.39, 0.29) is 5.56 Å². The molecule has 0 unspecified atom stereocenters. The van der Waals surface area contributed by atoms with Gasteiger partial charge in [-0.2, -0.15) is 5.21 Å². The molecule has 0 saturated heterocycles. The number of carbonyl (C=O) groups excluding carboxylic acids is 1. The van der Waals surface area contributed by atoms with E-state index in [1.165, 1.54) is 7.11 Å². The molecule has 1 amide bonds. The number of H-pyrrole nitrogens is 2. The highest BCUT2D eigenvalue weighted by Gasteiger charge is 2.16. The Kier molecular flexibility index (Phi) is 4.29. The molecule has 9 heteroatoms. The van der Waals surface area contributed by atoms with Crippen LogP contribution in [-0.4, -0.2) is 38.6 Å². The predicted octanol–water partition coefficient (Wildman–Crippen LogP) is 1.43. The van der Waals surface area contributed by atoms with Crippen LogP contribution in [0.2, 0.25) is 0 Å². The van der Waals surface area contributed by atoms with Gasteiger partial charge in [0.25, 0.3) is 11.5 Å². The number of aromatic amines is 2. The highest BCUT2D eigenvalue weighted by molar-refractivity contribution is 6.05. The molecule has 2 heterocycles. The molecule has 2 aromatic heterocycles. The van der Waals surface area contributed by atoms with E-state index < -0.39 is 11.5 Å². The zero-order valence-electron chi connectivity index (χ0n) is 13.9. The maximum absolute atomic E-state index is 12.5. The standard InChI is InChI=1S/C16H16N6O3/c1-8-6-9(2)17-15(23)13(8)16(24)18-10-4-5-12(25-3)11(7-10)14-19-21-22-20-14/h4-7H,1-3H3,(H,17,23)(H,18,24)(H,19,20,21,22). The van der Waals surface area contributed by atoms with Crippen LogP contribution in [0.25, 0.3) is 11.4 Å². The van der Waals surface area contributed by atoms with Crippen molar-refractivity contribution in [1.29, 1.82) is 0 Å². The van der Waals surface area contributed by atoms with Gasteiger partial charge in [0.1, 0.15) is 11.3 Å². The summed E-state index contributed by atoms with van der Waals surface area (Å²) in [4.78, 5) is 27.2. The fourth-order valence-electron chi connectivity index (χ4n) is 2.57. The number of benzene rings is 1. The summed E-state index contributed by atoms with van der Waals surface area (Å²) in [5, 5.41) is 16.4. The van der Waals surface area contributed by atoms with E-state index in [9.17, 15) is 9.59 Å². The Hall–Kier alpha value is -3.49. The van der Waals surface area contributed by atoms with Crippen LogP contribution in [0, 0.1) is 13.8 Å². The largest absolute Gasteiger partial charge is 0.496 e. The van der Waals surface area contributed by atoms with Crippen molar-refractivity contribution in [1.82, 2.24) is 25.6 Å². The molecule has 0 aliphatic heterocycles. The van der Waals surface area contributed by atoms with Crippen LogP contribution in [-0.2, 0) is 0 Å². The lowest BCUT2D eigenvalue weighted by Crippen LogP contribution is -2.25. The van der Waals surface area contributed by atoms with E-state index >= 15 is 0 Å². The molecule has 0 bridgehead atoms. The quantitative estimate of drug-likeness (QED) is 0.660. The number of amides is 1. The summed E-state index contributed by atoms with van der Waals surface area (Å²) in [7, 11) is 1.52. The van der Waals surface area contributed by atoms with Crippen molar-refractivity contribution in [3.8, 4) is 17.1 Å². The lowest BCUT2D eigenvalue weighted by atomic mass is 10.1. The van der Waals surface area contributed by atoms with Crippen molar-refractivity contribution in [2.45, 2.75) is 13.8 Å². The van der Waals surface area contributed by atoms with Crippen LogP contribution < -0.4 is 15.6 Å². The minimum absolute atomic E-state index is 0.0718. The molecule has 0 atom stereocenters. The van der Waals surface area contributed by atoms with Gasteiger partial charge in [-0.15, -0.1) is 10.2 Å². The molecular formula is C16H16N6O3. The van der Waals surface area contributed by atoms with Crippen molar-refractivity contribution in [2.75, 3.05) is 12.4 Å². The molecule has 0 fully saturated rings. The number of carbonyl (C=O) groups is 1. The van der Waals surface area contributed by atoms with Gasteiger partial charge >= 0.3 is 0 Å². The number of pyridine rings is 1. The third-order valence-electron chi connectivity index (χ3n) is 3.64. The number of nitrogens with one attached hydrogen (secondary N) is 3. The van der Waals surface area contributed by atoms with Crippen molar-refractivity contribution in [3.63, 3.8) is 0 Å². The Morgan fingerprint density at radius 2 is 2.04 bits per heavy atom. The maximum atomic E-state index is 12.5. The third kappa shape index (κ3) is 3.25. The van der Waals surface area contributed by atoms with E-state index in [4.69, 9.17) is 4.74 Å². The first kappa shape index (κ1) is 16.4. The summed E-state index contributed by atoms with van der Waals surface area (Å²) in [6.07, 6.45) is 0. The summed E-state index contributed by atoms with van der Waals surface area (Å²) < 4.78 is 5.28. The normalized spacial score (nSPS) is 10.5. The Morgan fingerprint density at radius 1 is 1.24 bits per heavy atom. The Balaban J connectivity index is 1.95. The first-order valence-corrected chi connectivity index (χ1v) is 7.43. The zero-order valence-corrected chi connectivity index (χ0v) is 13.9. The molecular weight excluding hydrogens is 324 g/mol. The first-order valence-electron chi connectivity index (χ1n) is 7.43. The van der Waals surface area contributed by atoms with Crippen molar-refractivity contribution >= 4 is 11.6 Å². The van der Waals surface area contributed by atoms with Gasteiger partial charge in [0.15, 0.2) is 0 Å². The van der Waals surface area contributed by atoms with Gasteiger partial charge < -0.3 is 15.0 Å². The van der Waals surface area contributed by atoms with Crippen LogP contribution >= 0.6 is 0 Å². The lowest BCUT2D eigenvalue weighted by Gasteiger charge is -2.10. The van der Waals surface area contributed by atoms with E-state index in [0.29, 0.717) is 34.1 Å². The topological polar surface area (TPSA) is 126 Å². The van der Waals surface area contributed by atoms with Crippen molar-refractivity contribution in [3.05, 3.63) is 51.4 Å². The van der Waals surface area contributed by atoms with E-state index in [1.807, 2.05) is 0 Å². The molecule has 0 aliphatic carbocycles. The smallest absolute Gasteiger partial charge is 0.261 e. The second-order valence-corrected chi connectivity index (χ2v) is 5.44. The molecule has 3 N–H and O–H groups in total. The summed E-state index contributed by atoms with van der Waals surface area (Å²) in [5.41, 5.74) is 1.98. The van der Waals surface area contributed by atoms with Crippen LogP contribution in [0.5, 0.6) is 5.75 Å². The maximum Gasteiger partial charge on any atom is 0.261 e. The lowest BCUT2D eigenvalue weighted by molar-refractivity contribution is 0.102. The highest BCUT2D eigenvalue weighted by Crippen LogP contribution is 2.30. The molecule has 0 saturated carbocycles. The van der Waals surface area contributed by atoms with Gasteiger partial charge in [-0.3, -0.25) is 9.59 Å². The number of aryl methyl sites for hydroxylation is 2. The predicted molar refractivity (Wildman–Crippen MR) is 90.7 cm³/mol. The Labute approximate surface area is 142 Å². The second kappa shape index (κ2) is 6.56. The molecule has 1 aromatic carbocycles. The number of hydrogen-bond donors (Lipinski definition) is 3.